The van der Waals surface area contributed by atoms with Crippen LogP contribution in [0.25, 0.3) is 22.3 Å². The summed E-state index contributed by atoms with van der Waals surface area (Å²) in [4.78, 5) is 59.4. The van der Waals surface area contributed by atoms with Crippen LogP contribution in [-0.4, -0.2) is 39.9 Å². The van der Waals surface area contributed by atoms with Crippen LogP contribution in [0.3, 0.4) is 0 Å². The highest BCUT2D eigenvalue weighted by molar-refractivity contribution is 5.97. The van der Waals surface area contributed by atoms with Crippen molar-refractivity contribution in [1.29, 1.82) is 0 Å². The first-order chi connectivity index (χ1) is 22.5. The van der Waals surface area contributed by atoms with Gasteiger partial charge < -0.3 is 19.7 Å². The van der Waals surface area contributed by atoms with Crippen molar-refractivity contribution in [3.63, 3.8) is 0 Å². The molecule has 0 unspecified atom stereocenters. The summed E-state index contributed by atoms with van der Waals surface area (Å²) in [6.07, 6.45) is -0.279. The first-order valence-electron chi connectivity index (χ1n) is 14.5. The minimum absolute atomic E-state index is 0.118. The molecular weight excluding hydrogens is 600 g/mol. The smallest absolute Gasteiger partial charge is 0.343 e. The van der Waals surface area contributed by atoms with Crippen molar-refractivity contribution >= 4 is 29.7 Å². The van der Waals surface area contributed by atoms with E-state index in [1.807, 2.05) is 6.07 Å². The number of esters is 2. The summed E-state index contributed by atoms with van der Waals surface area (Å²) in [5, 5.41) is 17.8. The molecule has 0 aromatic heterocycles. The molecule has 0 bridgehead atoms. The lowest BCUT2D eigenvalue weighted by Gasteiger charge is -2.11. The van der Waals surface area contributed by atoms with E-state index in [9.17, 15) is 24.0 Å². The number of Topliss-reactive ketones (excluding diaryl/α,β-unsaturated/α-hetero) is 1. The quantitative estimate of drug-likeness (QED) is 0.0905. The number of ether oxygens (including phenoxy) is 2. The summed E-state index contributed by atoms with van der Waals surface area (Å²) >= 11 is 0. The number of rotatable bonds is 11. The number of carbonyl (C=O) groups excluding carboxylic acids is 3. The molecule has 0 aliphatic heterocycles. The van der Waals surface area contributed by atoms with Crippen LogP contribution in [0.4, 0.5) is 0 Å². The number of hydrogen-bond acceptors (Lipinski definition) is 7. The summed E-state index contributed by atoms with van der Waals surface area (Å²) < 4.78 is 11.0. The fourth-order valence-electron chi connectivity index (χ4n) is 4.79. The van der Waals surface area contributed by atoms with Gasteiger partial charge in [-0.15, -0.1) is 0 Å². The Kier molecular flexibility index (Phi) is 9.67. The number of ketones is 1. The number of carbonyl (C=O) groups is 5. The molecule has 0 heterocycles. The zero-order valence-corrected chi connectivity index (χ0v) is 25.1. The number of hydrogen-bond donors (Lipinski definition) is 2. The third-order valence-corrected chi connectivity index (χ3v) is 7.23. The highest BCUT2D eigenvalue weighted by Gasteiger charge is 2.13. The molecule has 0 radical (unpaired) electrons. The van der Waals surface area contributed by atoms with Gasteiger partial charge in [-0.05, 0) is 107 Å². The van der Waals surface area contributed by atoms with Gasteiger partial charge in [0.25, 0.3) is 0 Å². The van der Waals surface area contributed by atoms with Gasteiger partial charge in [-0.1, -0.05) is 48.5 Å². The van der Waals surface area contributed by atoms with Crippen molar-refractivity contribution in [2.24, 2.45) is 0 Å². The van der Waals surface area contributed by atoms with Crippen molar-refractivity contribution in [2.45, 2.75) is 19.8 Å². The lowest BCUT2D eigenvalue weighted by molar-refractivity contribution is -0.137. The Balaban J connectivity index is 1.29. The molecule has 0 aliphatic carbocycles. The second kappa shape index (κ2) is 14.2. The molecule has 47 heavy (non-hydrogen) atoms. The maximum absolute atomic E-state index is 12.6. The van der Waals surface area contributed by atoms with Crippen LogP contribution in [0.15, 0.2) is 115 Å². The van der Waals surface area contributed by atoms with Gasteiger partial charge in [-0.2, -0.15) is 0 Å². The molecule has 0 aliphatic rings. The van der Waals surface area contributed by atoms with Crippen LogP contribution in [0.1, 0.15) is 49.1 Å². The van der Waals surface area contributed by atoms with E-state index in [1.165, 1.54) is 31.2 Å². The van der Waals surface area contributed by atoms with E-state index in [0.29, 0.717) is 28.2 Å². The molecule has 0 saturated carbocycles. The molecule has 0 spiro atoms. The molecule has 0 amide bonds. The molecule has 0 fully saturated rings. The summed E-state index contributed by atoms with van der Waals surface area (Å²) in [5.74, 6) is -2.56. The molecule has 234 valence electrons. The summed E-state index contributed by atoms with van der Waals surface area (Å²) in [7, 11) is 0. The Morgan fingerprint density at radius 3 is 1.15 bits per heavy atom. The van der Waals surface area contributed by atoms with Gasteiger partial charge in [-0.25, -0.2) is 9.59 Å². The molecular formula is C38H28O9. The fraction of sp³-hybridized carbons (Fsp3) is 0.0789. The van der Waals surface area contributed by atoms with Crippen molar-refractivity contribution in [3.05, 3.63) is 143 Å². The summed E-state index contributed by atoms with van der Waals surface area (Å²) in [6, 6.07) is 31.5. The normalized spacial score (nSPS) is 10.6. The lowest BCUT2D eigenvalue weighted by atomic mass is 9.95. The lowest BCUT2D eigenvalue weighted by Crippen LogP contribution is -2.09. The van der Waals surface area contributed by atoms with Gasteiger partial charge in [0.2, 0.25) is 0 Å². The van der Waals surface area contributed by atoms with E-state index in [-0.39, 0.29) is 29.8 Å². The van der Waals surface area contributed by atoms with Gasteiger partial charge in [0.05, 0.1) is 24.0 Å². The summed E-state index contributed by atoms with van der Waals surface area (Å²) in [6.45, 7) is 1.48. The zero-order valence-electron chi connectivity index (χ0n) is 25.1. The molecule has 5 aromatic rings. The molecule has 0 saturated heterocycles. The molecule has 0 atom stereocenters. The van der Waals surface area contributed by atoms with Crippen molar-refractivity contribution < 1.29 is 43.7 Å². The second-order valence-electron chi connectivity index (χ2n) is 10.7. The molecule has 9 heteroatoms. The predicted octanol–water partition coefficient (Wildman–Crippen LogP) is 6.92. The minimum Gasteiger partial charge on any atom is -0.481 e. The Morgan fingerprint density at radius 2 is 0.830 bits per heavy atom. The van der Waals surface area contributed by atoms with Crippen LogP contribution in [0.5, 0.6) is 11.5 Å². The van der Waals surface area contributed by atoms with Gasteiger partial charge >= 0.3 is 23.9 Å². The van der Waals surface area contributed by atoms with E-state index >= 15 is 0 Å². The van der Waals surface area contributed by atoms with Crippen LogP contribution in [-0.2, 0) is 22.4 Å². The van der Waals surface area contributed by atoms with Gasteiger partial charge in [0, 0.05) is 5.56 Å². The number of aliphatic carboxylic acids is 2. The van der Waals surface area contributed by atoms with Crippen LogP contribution < -0.4 is 9.47 Å². The zero-order chi connectivity index (χ0) is 33.5. The van der Waals surface area contributed by atoms with E-state index in [0.717, 1.165) is 22.3 Å². The van der Waals surface area contributed by atoms with E-state index in [2.05, 4.69) is 0 Å². The number of benzene rings is 5. The molecule has 2 N–H and O–H groups in total. The maximum Gasteiger partial charge on any atom is 0.343 e. The predicted molar refractivity (Wildman–Crippen MR) is 173 cm³/mol. The Labute approximate surface area is 269 Å². The van der Waals surface area contributed by atoms with Crippen LogP contribution in [0.2, 0.25) is 0 Å². The van der Waals surface area contributed by atoms with Crippen LogP contribution in [0, 0.1) is 0 Å². The average molecular weight is 629 g/mol. The minimum atomic E-state index is -0.960. The highest BCUT2D eigenvalue weighted by atomic mass is 16.5. The van der Waals surface area contributed by atoms with Crippen molar-refractivity contribution in [2.75, 3.05) is 0 Å². The first kappa shape index (κ1) is 32.1. The van der Waals surface area contributed by atoms with Gasteiger partial charge in [0.15, 0.2) is 5.78 Å². The SMILES string of the molecule is CC(=O)c1cc(-c2ccc(OC(=O)c3ccc(CC(=O)O)cc3)cc2)cc(-c2ccc(OC(=O)c3ccc(CC(=O)O)cc3)cc2)c1. The molecule has 5 aromatic carbocycles. The standard InChI is InChI=1S/C38H28O9/c1-23(39)30-20-31(26-10-14-33(15-11-26)46-37(44)28-6-2-24(3-7-28)18-35(40)41)22-32(21-30)27-12-16-34(17-13-27)47-38(45)29-8-4-25(5-9-29)19-36(42)43/h2-17,20-22H,18-19H2,1H3,(H,40,41)(H,42,43). The topological polar surface area (TPSA) is 144 Å². The molecule has 9 nitrogen and oxygen atoms in total. The van der Waals surface area contributed by atoms with E-state index < -0.39 is 23.9 Å². The molecule has 5 rings (SSSR count). The monoisotopic (exact) mass is 628 g/mol. The van der Waals surface area contributed by atoms with E-state index in [1.54, 1.807) is 84.9 Å². The Morgan fingerprint density at radius 1 is 0.468 bits per heavy atom. The summed E-state index contributed by atoms with van der Waals surface area (Å²) in [5.41, 5.74) is 5.32. The largest absolute Gasteiger partial charge is 0.481 e. The van der Waals surface area contributed by atoms with Crippen molar-refractivity contribution in [3.8, 4) is 33.8 Å². The fourth-order valence-corrected chi connectivity index (χ4v) is 4.79. The van der Waals surface area contributed by atoms with Gasteiger partial charge in [-0.3, -0.25) is 14.4 Å². The number of carboxylic acid groups (broad SMARTS) is 2. The van der Waals surface area contributed by atoms with Gasteiger partial charge in [0.1, 0.15) is 11.5 Å². The second-order valence-corrected chi connectivity index (χ2v) is 10.7. The number of carboxylic acids is 2. The van der Waals surface area contributed by atoms with E-state index in [4.69, 9.17) is 19.7 Å². The first-order valence-corrected chi connectivity index (χ1v) is 14.5. The van der Waals surface area contributed by atoms with Crippen LogP contribution >= 0.6 is 0 Å². The average Bonchev–Trinajstić information content (AvgIpc) is 3.05. The third-order valence-electron chi connectivity index (χ3n) is 7.23. The highest BCUT2D eigenvalue weighted by Crippen LogP contribution is 2.31. The third kappa shape index (κ3) is 8.43. The Bertz CT molecular complexity index is 1820. The van der Waals surface area contributed by atoms with Crippen molar-refractivity contribution in [1.82, 2.24) is 0 Å². The maximum atomic E-state index is 12.6. The Hall–Kier alpha value is -6.35.